The molecule has 0 saturated heterocycles. The Balaban J connectivity index is 0.00000324. The molecule has 0 spiro atoms. The van der Waals surface area contributed by atoms with Gasteiger partial charge in [0.05, 0.1) is 12.0 Å². The Morgan fingerprint density at radius 1 is 1.63 bits per heavy atom. The predicted octanol–water partition coefficient (Wildman–Crippen LogP) is 2.70. The van der Waals surface area contributed by atoms with Crippen LogP contribution in [0, 0.1) is 10.1 Å². The van der Waals surface area contributed by atoms with Crippen molar-refractivity contribution in [1.82, 2.24) is 0 Å². The molecule has 0 aliphatic rings. The Bertz CT molecular complexity index is 465. The third-order valence-corrected chi connectivity index (χ3v) is 2.60. The average Bonchev–Trinajstić information content (AvgIpc) is 2.35. The van der Waals surface area contributed by atoms with E-state index in [1.807, 2.05) is 0 Å². The number of benzene rings is 1. The Morgan fingerprint density at radius 3 is 2.74 bits per heavy atom. The molecule has 1 rings (SSSR count). The number of methoxy groups -OCH3 is 1. The summed E-state index contributed by atoms with van der Waals surface area (Å²) in [6.45, 7) is 3.59. The van der Waals surface area contributed by atoms with Crippen molar-refractivity contribution >= 4 is 18.1 Å². The zero-order valence-corrected chi connectivity index (χ0v) is 11.4. The maximum Gasteiger partial charge on any atom is 0.314 e. The van der Waals surface area contributed by atoms with Crippen molar-refractivity contribution in [2.45, 2.75) is 18.9 Å². The van der Waals surface area contributed by atoms with Gasteiger partial charge < -0.3 is 15.6 Å². The highest BCUT2D eigenvalue weighted by atomic mass is 35.5. The minimum atomic E-state index is -0.665. The molecule has 1 atom stereocenters. The number of nitrogens with two attached hydrogens (primary N) is 1. The summed E-state index contributed by atoms with van der Waals surface area (Å²) in [6.07, 6.45) is 3.05. The summed E-state index contributed by atoms with van der Waals surface area (Å²) in [5, 5.41) is 20.4. The van der Waals surface area contributed by atoms with Crippen LogP contribution in [0.4, 0.5) is 5.69 Å². The largest absolute Gasteiger partial charge is 0.500 e. The third kappa shape index (κ3) is 4.11. The van der Waals surface area contributed by atoms with Crippen LogP contribution in [-0.4, -0.2) is 17.1 Å². The van der Waals surface area contributed by atoms with Crippen LogP contribution in [-0.2, 0) is 0 Å². The van der Waals surface area contributed by atoms with Gasteiger partial charge in [-0.2, -0.15) is 0 Å². The van der Waals surface area contributed by atoms with E-state index in [2.05, 4.69) is 6.58 Å². The summed E-state index contributed by atoms with van der Waals surface area (Å²) in [4.78, 5) is 10.1. The van der Waals surface area contributed by atoms with Crippen molar-refractivity contribution in [1.29, 1.82) is 0 Å². The highest BCUT2D eigenvalue weighted by Crippen LogP contribution is 2.38. The summed E-state index contributed by atoms with van der Waals surface area (Å²) in [5.74, 6) is -0.435. The van der Waals surface area contributed by atoms with Gasteiger partial charge in [-0.3, -0.25) is 10.1 Å². The second-order valence-electron chi connectivity index (χ2n) is 3.82. The maximum atomic E-state index is 10.8. The molecule has 0 fully saturated rings. The van der Waals surface area contributed by atoms with Crippen LogP contribution in [0.25, 0.3) is 0 Å². The highest BCUT2D eigenvalue weighted by molar-refractivity contribution is 5.85. The lowest BCUT2D eigenvalue weighted by Gasteiger charge is -2.13. The monoisotopic (exact) mass is 288 g/mol. The number of allylic oxidation sites excluding steroid dienone is 1. The Morgan fingerprint density at radius 2 is 2.26 bits per heavy atom. The van der Waals surface area contributed by atoms with Gasteiger partial charge in [-0.05, 0) is 24.5 Å². The van der Waals surface area contributed by atoms with Gasteiger partial charge in [-0.15, -0.1) is 19.0 Å². The van der Waals surface area contributed by atoms with Gasteiger partial charge in [0.2, 0.25) is 5.75 Å². The number of nitro groups is 1. The van der Waals surface area contributed by atoms with Crippen molar-refractivity contribution in [3.05, 3.63) is 40.5 Å². The fraction of sp³-hybridized carbons (Fsp3) is 0.333. The lowest BCUT2D eigenvalue weighted by Crippen LogP contribution is -2.10. The summed E-state index contributed by atoms with van der Waals surface area (Å²) in [5.41, 5.74) is 6.07. The van der Waals surface area contributed by atoms with E-state index in [0.717, 1.165) is 0 Å². The molecule has 0 aliphatic heterocycles. The number of aromatic hydroxyl groups is 1. The molecule has 0 aromatic heterocycles. The van der Waals surface area contributed by atoms with Crippen LogP contribution in [0.3, 0.4) is 0 Å². The molecular formula is C12H17ClN2O4. The number of phenolic OH excluding ortho intramolecular Hbond substituents is 1. The molecule has 106 valence electrons. The first-order valence-electron chi connectivity index (χ1n) is 5.43. The zero-order chi connectivity index (χ0) is 13.7. The van der Waals surface area contributed by atoms with E-state index in [9.17, 15) is 15.2 Å². The van der Waals surface area contributed by atoms with Crippen LogP contribution in [0.5, 0.6) is 11.5 Å². The van der Waals surface area contributed by atoms with E-state index < -0.39 is 16.4 Å². The van der Waals surface area contributed by atoms with Crippen molar-refractivity contribution in [2.75, 3.05) is 7.11 Å². The van der Waals surface area contributed by atoms with Crippen molar-refractivity contribution in [3.63, 3.8) is 0 Å². The minimum Gasteiger partial charge on any atom is -0.500 e. The van der Waals surface area contributed by atoms with Gasteiger partial charge in [-0.1, -0.05) is 6.08 Å². The number of rotatable bonds is 6. The smallest absolute Gasteiger partial charge is 0.314 e. The summed E-state index contributed by atoms with van der Waals surface area (Å²) in [7, 11) is 1.33. The van der Waals surface area contributed by atoms with Crippen molar-refractivity contribution in [2.24, 2.45) is 5.73 Å². The normalized spacial score (nSPS) is 11.3. The first-order chi connectivity index (χ1) is 8.51. The summed E-state index contributed by atoms with van der Waals surface area (Å²) >= 11 is 0. The average molecular weight is 289 g/mol. The van der Waals surface area contributed by atoms with Crippen molar-refractivity contribution < 1.29 is 14.8 Å². The number of halogens is 1. The third-order valence-electron chi connectivity index (χ3n) is 2.60. The molecule has 1 aromatic carbocycles. The number of hydrogen-bond acceptors (Lipinski definition) is 5. The molecule has 0 bridgehead atoms. The van der Waals surface area contributed by atoms with Gasteiger partial charge in [0, 0.05) is 12.1 Å². The quantitative estimate of drug-likeness (QED) is 0.476. The molecular weight excluding hydrogens is 272 g/mol. The van der Waals surface area contributed by atoms with E-state index >= 15 is 0 Å². The highest BCUT2D eigenvalue weighted by Gasteiger charge is 2.21. The van der Waals surface area contributed by atoms with Gasteiger partial charge in [-0.25, -0.2) is 0 Å². The fourth-order valence-electron chi connectivity index (χ4n) is 1.59. The first-order valence-corrected chi connectivity index (χ1v) is 5.43. The van der Waals surface area contributed by atoms with E-state index in [0.29, 0.717) is 18.4 Å². The van der Waals surface area contributed by atoms with Gasteiger partial charge >= 0.3 is 5.69 Å². The molecule has 19 heavy (non-hydrogen) atoms. The SMILES string of the molecule is C=CCC[C@H](N)c1cc(OC)c(O)c([N+](=O)[O-])c1.Cl. The topological polar surface area (TPSA) is 98.6 Å². The van der Waals surface area contributed by atoms with E-state index in [4.69, 9.17) is 10.5 Å². The van der Waals surface area contributed by atoms with Crippen LogP contribution in [0.1, 0.15) is 24.4 Å². The second kappa shape index (κ2) is 7.60. The first kappa shape index (κ1) is 17.2. The zero-order valence-electron chi connectivity index (χ0n) is 10.5. The number of ether oxygens (including phenoxy) is 1. The second-order valence-corrected chi connectivity index (χ2v) is 3.82. The molecule has 0 amide bonds. The number of hydrogen-bond donors (Lipinski definition) is 2. The Kier molecular flexibility index (Phi) is 6.89. The number of phenols is 1. The number of nitro benzene ring substituents is 1. The van der Waals surface area contributed by atoms with Gasteiger partial charge in [0.1, 0.15) is 0 Å². The molecule has 0 unspecified atom stereocenters. The molecule has 6 nitrogen and oxygen atoms in total. The van der Waals surface area contributed by atoms with Crippen LogP contribution >= 0.6 is 12.4 Å². The molecule has 1 aromatic rings. The van der Waals surface area contributed by atoms with Crippen molar-refractivity contribution in [3.8, 4) is 11.5 Å². The molecule has 0 saturated carbocycles. The Hall–Kier alpha value is -1.79. The van der Waals surface area contributed by atoms with Crippen LogP contribution in [0.15, 0.2) is 24.8 Å². The maximum absolute atomic E-state index is 10.8. The van der Waals surface area contributed by atoms with E-state index in [1.54, 1.807) is 6.08 Å². The van der Waals surface area contributed by atoms with E-state index in [1.165, 1.54) is 19.2 Å². The standard InChI is InChI=1S/C12H16N2O4.ClH/c1-3-4-5-9(13)8-6-10(14(16)17)12(15)11(7-8)18-2;/h3,6-7,9,15H,1,4-5,13H2,2H3;1H/t9-;/m0./s1. The minimum absolute atomic E-state index is 0. The molecule has 0 aliphatic carbocycles. The molecule has 0 radical (unpaired) electrons. The molecule has 0 heterocycles. The van der Waals surface area contributed by atoms with E-state index in [-0.39, 0.29) is 24.2 Å². The van der Waals surface area contributed by atoms with Crippen LogP contribution < -0.4 is 10.5 Å². The number of nitrogens with zero attached hydrogens (tertiary/aromatic N) is 1. The van der Waals surface area contributed by atoms with Gasteiger partial charge in [0.25, 0.3) is 0 Å². The molecule has 3 N–H and O–H groups in total. The lowest BCUT2D eigenvalue weighted by atomic mass is 10.0. The Labute approximate surface area is 117 Å². The lowest BCUT2D eigenvalue weighted by molar-refractivity contribution is -0.386. The fourth-order valence-corrected chi connectivity index (χ4v) is 1.59. The van der Waals surface area contributed by atoms with Gasteiger partial charge in [0.15, 0.2) is 5.75 Å². The summed E-state index contributed by atoms with van der Waals surface area (Å²) in [6, 6.07) is 2.41. The predicted molar refractivity (Wildman–Crippen MR) is 74.9 cm³/mol. The van der Waals surface area contributed by atoms with Crippen LogP contribution in [0.2, 0.25) is 0 Å². The summed E-state index contributed by atoms with van der Waals surface area (Å²) < 4.78 is 4.90. The molecule has 7 heteroatoms.